The van der Waals surface area contributed by atoms with E-state index in [1.165, 1.54) is 0 Å². The fraction of sp³-hybridized carbons (Fsp3) is 0.462. The summed E-state index contributed by atoms with van der Waals surface area (Å²) in [5.41, 5.74) is 0. The maximum atomic E-state index is 12.2. The molecule has 1 aliphatic rings. The van der Waals surface area contributed by atoms with Crippen LogP contribution in [0.5, 0.6) is 0 Å². The van der Waals surface area contributed by atoms with E-state index in [2.05, 4.69) is 0 Å². The molecule has 1 aliphatic heterocycles. The highest BCUT2D eigenvalue weighted by Gasteiger charge is 2.22. The fourth-order valence-electron chi connectivity index (χ4n) is 1.81. The van der Waals surface area contributed by atoms with Crippen molar-refractivity contribution in [2.45, 2.75) is 17.1 Å². The molecule has 0 unspecified atom stereocenters. The molecule has 1 aromatic carbocycles. The van der Waals surface area contributed by atoms with Gasteiger partial charge in [-0.2, -0.15) is 0 Å². The summed E-state index contributed by atoms with van der Waals surface area (Å²) in [4.78, 5) is 15.1. The summed E-state index contributed by atoms with van der Waals surface area (Å²) in [6.45, 7) is 4.62. The Balaban J connectivity index is 1.92. The van der Waals surface area contributed by atoms with Crippen molar-refractivity contribution in [2.24, 2.45) is 0 Å². The normalized spacial score (nSPS) is 17.6. The van der Waals surface area contributed by atoms with Crippen LogP contribution in [0.4, 0.5) is 0 Å². The number of ether oxygens (including phenoxy) is 1. The van der Waals surface area contributed by atoms with Crippen molar-refractivity contribution in [3.8, 4) is 0 Å². The molecule has 5 heteroatoms. The van der Waals surface area contributed by atoms with E-state index in [1.54, 1.807) is 11.8 Å². The Hall–Kier alpha value is -0.710. The Labute approximate surface area is 116 Å². The lowest BCUT2D eigenvalue weighted by atomic mass is 10.3. The van der Waals surface area contributed by atoms with Crippen LogP contribution in [-0.4, -0.2) is 42.4 Å². The van der Waals surface area contributed by atoms with Gasteiger partial charge >= 0.3 is 0 Å². The average Bonchev–Trinajstić information content (AvgIpc) is 2.41. The number of halogens is 1. The number of amides is 1. The molecule has 0 spiro atoms. The number of rotatable bonds is 3. The SMILES string of the molecule is C[C@@H](Sc1ccc(Cl)cc1)C(=O)N1CCOCC1. The predicted molar refractivity (Wildman–Crippen MR) is 74.2 cm³/mol. The second kappa shape index (κ2) is 6.45. The third-order valence-electron chi connectivity index (χ3n) is 2.80. The highest BCUT2D eigenvalue weighted by atomic mass is 35.5. The highest BCUT2D eigenvalue weighted by Crippen LogP contribution is 2.25. The van der Waals surface area contributed by atoms with Crippen LogP contribution in [0.15, 0.2) is 29.2 Å². The Bertz CT molecular complexity index is 404. The first kappa shape index (κ1) is 13.7. The van der Waals surface area contributed by atoms with Crippen LogP contribution in [0, 0.1) is 0 Å². The van der Waals surface area contributed by atoms with Gasteiger partial charge in [0.15, 0.2) is 0 Å². The van der Waals surface area contributed by atoms with Crippen LogP contribution < -0.4 is 0 Å². The lowest BCUT2D eigenvalue weighted by molar-refractivity contribution is -0.134. The molecule has 0 N–H and O–H groups in total. The van der Waals surface area contributed by atoms with E-state index in [9.17, 15) is 4.79 Å². The maximum absolute atomic E-state index is 12.2. The van der Waals surface area contributed by atoms with Crippen molar-refractivity contribution in [1.29, 1.82) is 0 Å². The minimum Gasteiger partial charge on any atom is -0.378 e. The van der Waals surface area contributed by atoms with Gasteiger partial charge in [0.1, 0.15) is 0 Å². The molecule has 1 saturated heterocycles. The molecule has 18 heavy (non-hydrogen) atoms. The van der Waals surface area contributed by atoms with Crippen molar-refractivity contribution in [1.82, 2.24) is 4.90 Å². The maximum Gasteiger partial charge on any atom is 0.235 e. The lowest BCUT2D eigenvalue weighted by Crippen LogP contribution is -2.44. The van der Waals surface area contributed by atoms with Gasteiger partial charge in [-0.25, -0.2) is 0 Å². The zero-order chi connectivity index (χ0) is 13.0. The first-order chi connectivity index (χ1) is 8.66. The van der Waals surface area contributed by atoms with Crippen LogP contribution in [-0.2, 0) is 9.53 Å². The van der Waals surface area contributed by atoms with Gasteiger partial charge < -0.3 is 9.64 Å². The summed E-state index contributed by atoms with van der Waals surface area (Å²) in [5.74, 6) is 0.179. The van der Waals surface area contributed by atoms with Gasteiger partial charge in [0.2, 0.25) is 5.91 Å². The quantitative estimate of drug-likeness (QED) is 0.800. The van der Waals surface area contributed by atoms with Crippen LogP contribution in [0.2, 0.25) is 5.02 Å². The van der Waals surface area contributed by atoms with Gasteiger partial charge in [-0.05, 0) is 31.2 Å². The average molecular weight is 286 g/mol. The van der Waals surface area contributed by atoms with Crippen LogP contribution in [0.25, 0.3) is 0 Å². The van der Waals surface area contributed by atoms with Crippen LogP contribution in [0.3, 0.4) is 0 Å². The van der Waals surface area contributed by atoms with Gasteiger partial charge in [-0.15, -0.1) is 11.8 Å². The summed E-state index contributed by atoms with van der Waals surface area (Å²) in [7, 11) is 0. The van der Waals surface area contributed by atoms with Crippen molar-refractivity contribution in [3.05, 3.63) is 29.3 Å². The molecule has 0 bridgehead atoms. The third-order valence-corrected chi connectivity index (χ3v) is 4.15. The standard InChI is InChI=1S/C13H16ClNO2S/c1-10(13(16)15-6-8-17-9-7-15)18-12-4-2-11(14)3-5-12/h2-5,10H,6-9H2,1H3/t10-/m1/s1. The minimum absolute atomic E-state index is 0.0794. The molecular weight excluding hydrogens is 270 g/mol. The van der Waals surface area contributed by atoms with Gasteiger partial charge in [0.25, 0.3) is 0 Å². The molecule has 1 atom stereocenters. The monoisotopic (exact) mass is 285 g/mol. The van der Waals surface area contributed by atoms with Gasteiger partial charge in [0, 0.05) is 23.0 Å². The summed E-state index contributed by atoms with van der Waals surface area (Å²) >= 11 is 7.40. The molecule has 3 nitrogen and oxygen atoms in total. The van der Waals surface area contributed by atoms with Crippen molar-refractivity contribution < 1.29 is 9.53 Å². The van der Waals surface area contributed by atoms with Crippen LogP contribution in [0.1, 0.15) is 6.92 Å². The molecule has 1 amide bonds. The number of thioether (sulfide) groups is 1. The zero-order valence-electron chi connectivity index (χ0n) is 10.3. The van der Waals surface area contributed by atoms with Gasteiger partial charge in [0.05, 0.1) is 18.5 Å². The molecular formula is C13H16ClNO2S. The smallest absolute Gasteiger partial charge is 0.235 e. The van der Waals surface area contributed by atoms with E-state index in [0.29, 0.717) is 31.3 Å². The number of hydrogen-bond donors (Lipinski definition) is 0. The second-order valence-corrected chi connectivity index (χ2v) is 6.00. The molecule has 0 saturated carbocycles. The van der Waals surface area contributed by atoms with E-state index in [1.807, 2.05) is 36.1 Å². The van der Waals surface area contributed by atoms with E-state index in [0.717, 1.165) is 4.90 Å². The van der Waals surface area contributed by atoms with E-state index in [4.69, 9.17) is 16.3 Å². The van der Waals surface area contributed by atoms with Crippen LogP contribution >= 0.6 is 23.4 Å². The summed E-state index contributed by atoms with van der Waals surface area (Å²) in [6, 6.07) is 7.57. The molecule has 1 fully saturated rings. The molecule has 0 radical (unpaired) electrons. The van der Waals surface area contributed by atoms with E-state index < -0.39 is 0 Å². The first-order valence-electron chi connectivity index (χ1n) is 5.95. The van der Waals surface area contributed by atoms with Crippen molar-refractivity contribution in [3.63, 3.8) is 0 Å². The Morgan fingerprint density at radius 1 is 1.33 bits per heavy atom. The van der Waals surface area contributed by atoms with E-state index in [-0.39, 0.29) is 11.2 Å². The second-order valence-electron chi connectivity index (χ2n) is 4.15. The Morgan fingerprint density at radius 3 is 2.56 bits per heavy atom. The minimum atomic E-state index is -0.0794. The van der Waals surface area contributed by atoms with E-state index >= 15 is 0 Å². The highest BCUT2D eigenvalue weighted by molar-refractivity contribution is 8.00. The summed E-state index contributed by atoms with van der Waals surface area (Å²) in [5, 5.41) is 0.635. The fourth-order valence-corrected chi connectivity index (χ4v) is 2.89. The Morgan fingerprint density at radius 2 is 1.94 bits per heavy atom. The van der Waals surface area contributed by atoms with Gasteiger partial charge in [-0.3, -0.25) is 4.79 Å². The van der Waals surface area contributed by atoms with Crippen molar-refractivity contribution >= 4 is 29.3 Å². The number of nitrogens with zero attached hydrogens (tertiary/aromatic N) is 1. The number of carbonyl (C=O) groups excluding carboxylic acids is 1. The summed E-state index contributed by atoms with van der Waals surface area (Å²) in [6.07, 6.45) is 0. The third kappa shape index (κ3) is 3.64. The topological polar surface area (TPSA) is 29.5 Å². The molecule has 1 heterocycles. The van der Waals surface area contributed by atoms with Crippen molar-refractivity contribution in [2.75, 3.05) is 26.3 Å². The number of benzene rings is 1. The Kier molecular flexibility index (Phi) is 4.92. The molecule has 0 aromatic heterocycles. The first-order valence-corrected chi connectivity index (χ1v) is 7.21. The summed E-state index contributed by atoms with van der Waals surface area (Å²) < 4.78 is 5.25. The largest absolute Gasteiger partial charge is 0.378 e. The molecule has 1 aromatic rings. The predicted octanol–water partition coefficient (Wildman–Crippen LogP) is 2.68. The molecule has 0 aliphatic carbocycles. The van der Waals surface area contributed by atoms with Gasteiger partial charge in [-0.1, -0.05) is 11.6 Å². The lowest BCUT2D eigenvalue weighted by Gasteiger charge is -2.29. The molecule has 2 rings (SSSR count). The zero-order valence-corrected chi connectivity index (χ0v) is 11.8. The number of morpholine rings is 1. The number of carbonyl (C=O) groups is 1. The molecule has 98 valence electrons. The number of hydrogen-bond acceptors (Lipinski definition) is 3.